The molecule has 36 heavy (non-hydrogen) atoms. The molecule has 0 bridgehead atoms. The van der Waals surface area contributed by atoms with E-state index in [9.17, 15) is 33.4 Å². The van der Waals surface area contributed by atoms with E-state index in [1.165, 1.54) is 43.3 Å². The van der Waals surface area contributed by atoms with Gasteiger partial charge in [0.05, 0.1) is 10.6 Å². The summed E-state index contributed by atoms with van der Waals surface area (Å²) < 4.78 is 31.3. The number of para-hydroxylation sites is 1. The van der Waals surface area contributed by atoms with E-state index in [0.717, 1.165) is 24.3 Å². The normalized spacial score (nSPS) is 11.3. The van der Waals surface area contributed by atoms with Gasteiger partial charge >= 0.3 is 10.1 Å². The Morgan fingerprint density at radius 2 is 1.83 bits per heavy atom. The third kappa shape index (κ3) is 6.21. The summed E-state index contributed by atoms with van der Waals surface area (Å²) in [5.74, 6) is -1.35. The Morgan fingerprint density at radius 1 is 1.11 bits per heavy atom. The zero-order valence-electron chi connectivity index (χ0n) is 18.5. The summed E-state index contributed by atoms with van der Waals surface area (Å²) in [4.78, 5) is 34.4. The highest BCUT2D eigenvalue weighted by Crippen LogP contribution is 2.29. The van der Waals surface area contributed by atoms with Crippen molar-refractivity contribution in [2.45, 2.75) is 11.8 Å². The average molecular weight is 570 g/mol. The molecule has 0 aromatic heterocycles. The maximum atomic E-state index is 12.8. The maximum Gasteiger partial charge on any atom is 0.339 e. The van der Waals surface area contributed by atoms with Gasteiger partial charge in [0, 0.05) is 27.7 Å². The average Bonchev–Trinajstić information content (AvgIpc) is 2.84. The smallest absolute Gasteiger partial charge is 0.339 e. The van der Waals surface area contributed by atoms with Gasteiger partial charge in [-0.2, -0.15) is 13.7 Å². The lowest BCUT2D eigenvalue weighted by atomic mass is 10.1. The minimum absolute atomic E-state index is 0.0601. The molecule has 0 saturated heterocycles. The van der Waals surface area contributed by atoms with Crippen LogP contribution in [0.5, 0.6) is 5.75 Å². The topological polar surface area (TPSA) is 156 Å². The predicted octanol–water partition coefficient (Wildman–Crippen LogP) is 4.87. The number of non-ortho nitro benzene ring substituents is 1. The molecule has 0 radical (unpaired) electrons. The molecule has 0 aliphatic heterocycles. The van der Waals surface area contributed by atoms with Crippen LogP contribution in [-0.2, 0) is 14.9 Å². The maximum absolute atomic E-state index is 12.8. The molecule has 0 aliphatic rings. The molecule has 10 nitrogen and oxygen atoms in total. The van der Waals surface area contributed by atoms with E-state index < -0.39 is 37.1 Å². The number of nitrogens with zero attached hydrogens (tertiary/aromatic N) is 2. The zero-order chi connectivity index (χ0) is 26.5. The van der Waals surface area contributed by atoms with E-state index in [0.29, 0.717) is 4.47 Å². The summed E-state index contributed by atoms with van der Waals surface area (Å²) in [6.45, 7) is 1.33. The fourth-order valence-corrected chi connectivity index (χ4v) is 4.39. The molecule has 12 heteroatoms. The minimum Gasteiger partial charge on any atom is -0.378 e. The number of rotatable bonds is 8. The number of hydrogen-bond acceptors (Lipinski definition) is 8. The van der Waals surface area contributed by atoms with Crippen molar-refractivity contribution in [2.75, 3.05) is 5.32 Å². The number of ketones is 1. The number of halogens is 1. The summed E-state index contributed by atoms with van der Waals surface area (Å²) in [7, 11) is -4.50. The highest BCUT2D eigenvalue weighted by molar-refractivity contribution is 9.10. The van der Waals surface area contributed by atoms with Crippen LogP contribution >= 0.6 is 15.9 Å². The quantitative estimate of drug-likeness (QED) is 0.100. The molecule has 0 saturated carbocycles. The highest BCUT2D eigenvalue weighted by atomic mass is 79.9. The second-order valence-corrected chi connectivity index (χ2v) is 9.66. The summed E-state index contributed by atoms with van der Waals surface area (Å²) in [6, 6.07) is 16.5. The fraction of sp³-hybridized carbons (Fsp3) is 0.0417. The minimum atomic E-state index is -4.50. The molecule has 1 amide bonds. The van der Waals surface area contributed by atoms with Crippen molar-refractivity contribution in [3.05, 3.63) is 98.0 Å². The van der Waals surface area contributed by atoms with Crippen LogP contribution in [0.3, 0.4) is 0 Å². The summed E-state index contributed by atoms with van der Waals surface area (Å²) in [5.41, 5.74) is -0.327. The zero-order valence-corrected chi connectivity index (χ0v) is 20.9. The Morgan fingerprint density at radius 3 is 2.50 bits per heavy atom. The third-order valence-electron chi connectivity index (χ3n) is 4.71. The van der Waals surface area contributed by atoms with Crippen molar-refractivity contribution in [1.29, 1.82) is 5.26 Å². The molecular formula is C24H16BrN3O7S. The molecule has 0 unspecified atom stereocenters. The molecule has 3 aromatic carbocycles. The molecule has 3 rings (SSSR count). The van der Waals surface area contributed by atoms with Crippen LogP contribution in [0.4, 0.5) is 11.4 Å². The third-order valence-corrected chi connectivity index (χ3v) is 6.43. The first-order chi connectivity index (χ1) is 17.0. The number of nitro benzene ring substituents is 1. The number of amides is 1. The van der Waals surface area contributed by atoms with Gasteiger partial charge in [-0.15, -0.1) is 0 Å². The first-order valence-electron chi connectivity index (χ1n) is 10.0. The molecule has 0 atom stereocenters. The number of nitrogens with one attached hydrogen (secondary N) is 1. The van der Waals surface area contributed by atoms with Gasteiger partial charge in [0.15, 0.2) is 5.78 Å². The largest absolute Gasteiger partial charge is 0.378 e. The van der Waals surface area contributed by atoms with Crippen molar-refractivity contribution in [2.24, 2.45) is 0 Å². The van der Waals surface area contributed by atoms with Crippen LogP contribution in [-0.4, -0.2) is 25.0 Å². The lowest BCUT2D eigenvalue weighted by molar-refractivity contribution is -0.385. The lowest BCUT2D eigenvalue weighted by Gasteiger charge is -2.11. The van der Waals surface area contributed by atoms with Gasteiger partial charge < -0.3 is 9.50 Å². The van der Waals surface area contributed by atoms with Crippen LogP contribution in [0.25, 0.3) is 6.08 Å². The first-order valence-corrected chi connectivity index (χ1v) is 12.2. The van der Waals surface area contributed by atoms with Gasteiger partial charge in [0.2, 0.25) is 0 Å². The number of carbonyl (C=O) groups excluding carboxylic acids is 2. The summed E-state index contributed by atoms with van der Waals surface area (Å²) >= 11 is 3.24. The summed E-state index contributed by atoms with van der Waals surface area (Å²) in [6.07, 6.45) is 1.12. The van der Waals surface area contributed by atoms with Crippen LogP contribution in [0.1, 0.15) is 22.8 Å². The molecule has 182 valence electrons. The van der Waals surface area contributed by atoms with Crippen LogP contribution in [0.2, 0.25) is 0 Å². The van der Waals surface area contributed by atoms with Gasteiger partial charge in [0.25, 0.3) is 11.6 Å². The first kappa shape index (κ1) is 26.3. The van der Waals surface area contributed by atoms with Crippen LogP contribution < -0.4 is 9.50 Å². The number of anilines is 1. The second kappa shape index (κ2) is 10.9. The lowest BCUT2D eigenvalue weighted by Crippen LogP contribution is -2.16. The van der Waals surface area contributed by atoms with Gasteiger partial charge in [-0.3, -0.25) is 19.7 Å². The highest BCUT2D eigenvalue weighted by Gasteiger charge is 2.22. The van der Waals surface area contributed by atoms with Crippen LogP contribution in [0, 0.1) is 21.4 Å². The number of nitriles is 1. The van der Waals surface area contributed by atoms with E-state index in [2.05, 4.69) is 21.2 Å². The molecule has 1 N–H and O–H groups in total. The standard InChI is InChI=1S/C24H16BrN3O7S/c1-15(29)21-7-2-3-8-22(21)27-24(30)17(14-26)11-16-12-18(25)9-10-23(16)35-36(33,34)20-6-4-5-19(13-20)28(31)32/h2-13H,1H3,(H,27,30)/b17-11-. The number of Topliss-reactive ketones (excluding diaryl/α,β-unsaturated/α-hetero) is 1. The van der Waals surface area contributed by atoms with E-state index in [1.807, 2.05) is 0 Å². The predicted molar refractivity (Wildman–Crippen MR) is 134 cm³/mol. The van der Waals surface area contributed by atoms with E-state index in [-0.39, 0.29) is 28.3 Å². The fourth-order valence-electron chi connectivity index (χ4n) is 3.02. The molecule has 0 aliphatic carbocycles. The Hall–Kier alpha value is -4.34. The van der Waals surface area contributed by atoms with E-state index >= 15 is 0 Å². The number of nitro groups is 1. The Balaban J connectivity index is 1.97. The second-order valence-electron chi connectivity index (χ2n) is 7.20. The molecule has 0 spiro atoms. The van der Waals surface area contributed by atoms with Crippen molar-refractivity contribution in [3.63, 3.8) is 0 Å². The Labute approximate surface area is 214 Å². The van der Waals surface area contributed by atoms with Gasteiger partial charge in [-0.05, 0) is 49.4 Å². The monoisotopic (exact) mass is 569 g/mol. The van der Waals surface area contributed by atoms with Crippen molar-refractivity contribution in [1.82, 2.24) is 0 Å². The Kier molecular flexibility index (Phi) is 7.98. The number of benzene rings is 3. The van der Waals surface area contributed by atoms with Crippen LogP contribution in [0.15, 0.2) is 81.7 Å². The molecule has 0 fully saturated rings. The number of hydrogen-bond donors (Lipinski definition) is 1. The van der Waals surface area contributed by atoms with Gasteiger partial charge in [-0.25, -0.2) is 0 Å². The SMILES string of the molecule is CC(=O)c1ccccc1NC(=O)/C(C#N)=C\c1cc(Br)ccc1OS(=O)(=O)c1cccc([N+](=O)[O-])c1. The van der Waals surface area contributed by atoms with Gasteiger partial charge in [-0.1, -0.05) is 34.1 Å². The molecular weight excluding hydrogens is 554 g/mol. The van der Waals surface area contributed by atoms with E-state index in [4.69, 9.17) is 4.18 Å². The van der Waals surface area contributed by atoms with Crippen molar-refractivity contribution in [3.8, 4) is 11.8 Å². The van der Waals surface area contributed by atoms with Crippen molar-refractivity contribution >= 4 is 55.2 Å². The summed E-state index contributed by atoms with van der Waals surface area (Å²) in [5, 5.41) is 23.1. The van der Waals surface area contributed by atoms with Crippen molar-refractivity contribution < 1.29 is 27.1 Å². The van der Waals surface area contributed by atoms with E-state index in [1.54, 1.807) is 18.2 Å². The number of carbonyl (C=O) groups is 2. The Bertz CT molecular complexity index is 1560. The molecule has 0 heterocycles. The molecule has 3 aromatic rings. The van der Waals surface area contributed by atoms with Gasteiger partial charge in [0.1, 0.15) is 22.3 Å².